The van der Waals surface area contributed by atoms with Crippen molar-refractivity contribution in [2.75, 3.05) is 0 Å². The number of hydrogen-bond donors (Lipinski definition) is 0. The molecule has 0 rings (SSSR count). The van der Waals surface area contributed by atoms with Crippen molar-refractivity contribution in [3.63, 3.8) is 0 Å². The van der Waals surface area contributed by atoms with Gasteiger partial charge in [-0.25, -0.2) is 0 Å². The highest BCUT2D eigenvalue weighted by molar-refractivity contribution is 9.14. The van der Waals surface area contributed by atoms with Crippen molar-refractivity contribution < 1.29 is 9.85 Å². The predicted molar refractivity (Wildman–Crippen MR) is 64.8 cm³/mol. The van der Waals surface area contributed by atoms with Crippen LogP contribution in [0.25, 0.3) is 0 Å². The van der Waals surface area contributed by atoms with Crippen LogP contribution in [-0.2, 0) is 0 Å². The van der Waals surface area contributed by atoms with Gasteiger partial charge in [0, 0.05) is 9.85 Å². The molecule has 82 valence electrons. The van der Waals surface area contributed by atoms with Crippen LogP contribution in [0.4, 0.5) is 0 Å². The van der Waals surface area contributed by atoms with Gasteiger partial charge in [-0.3, -0.25) is 20.2 Å². The van der Waals surface area contributed by atoms with E-state index in [0.717, 1.165) is 0 Å². The molecule has 0 aliphatic heterocycles. The average Bonchev–Trinajstić information content (AvgIpc) is 2.12. The zero-order chi connectivity index (χ0) is 11.5. The fraction of sp³-hybridized carbons (Fsp3) is 1.00. The third-order valence-corrected chi connectivity index (χ3v) is 7.31. The van der Waals surface area contributed by atoms with Gasteiger partial charge in [0.25, 0.3) is 9.90 Å². The summed E-state index contributed by atoms with van der Waals surface area (Å²) < 4.78 is 0. The molecule has 0 N–H and O–H groups in total. The molecule has 0 saturated heterocycles. The first-order valence-electron chi connectivity index (χ1n) is 3.12. The van der Waals surface area contributed by atoms with Crippen LogP contribution in [0.1, 0.15) is 0 Å². The Morgan fingerprint density at radius 2 is 1.00 bits per heavy atom. The van der Waals surface area contributed by atoms with Gasteiger partial charge in [-0.15, -0.1) is 0 Å². The summed E-state index contributed by atoms with van der Waals surface area (Å²) in [6.07, 6.45) is 0. The first-order valence-corrected chi connectivity index (χ1v) is 6.78. The van der Waals surface area contributed by atoms with Gasteiger partial charge in [0.1, 0.15) is 9.65 Å². The van der Waals surface area contributed by atoms with Crippen LogP contribution in [0.3, 0.4) is 0 Å². The van der Waals surface area contributed by atoms with Gasteiger partial charge in [-0.1, -0.05) is 31.9 Å². The van der Waals surface area contributed by atoms with E-state index in [0.29, 0.717) is 0 Å². The summed E-state index contributed by atoms with van der Waals surface area (Å²) in [5.41, 5.74) is 0. The van der Waals surface area contributed by atoms with Crippen LogP contribution in [-0.4, -0.2) is 29.4 Å². The van der Waals surface area contributed by atoms with Crippen molar-refractivity contribution in [2.24, 2.45) is 0 Å². The van der Waals surface area contributed by atoms with Crippen LogP contribution in [0, 0.1) is 20.2 Å². The van der Waals surface area contributed by atoms with E-state index in [1.165, 1.54) is 0 Å². The smallest absolute Gasteiger partial charge is 0.263 e. The maximum atomic E-state index is 10.4. The molecule has 0 aliphatic rings. The Morgan fingerprint density at radius 1 is 0.786 bits per heavy atom. The van der Waals surface area contributed by atoms with Crippen molar-refractivity contribution in [3.8, 4) is 0 Å². The van der Waals surface area contributed by atoms with Gasteiger partial charge < -0.3 is 0 Å². The first kappa shape index (κ1) is 14.7. The normalized spacial score (nSPS) is 19.4. The molecular formula is C4H4Br4N2O4. The fourth-order valence-corrected chi connectivity index (χ4v) is 2.98. The van der Waals surface area contributed by atoms with Crippen LogP contribution < -0.4 is 0 Å². The van der Waals surface area contributed by atoms with E-state index < -0.39 is 29.4 Å². The Labute approximate surface area is 113 Å². The van der Waals surface area contributed by atoms with Crippen molar-refractivity contribution in [3.05, 3.63) is 20.2 Å². The third kappa shape index (κ3) is 4.07. The molecule has 0 aromatic rings. The van der Waals surface area contributed by atoms with Crippen molar-refractivity contribution in [2.45, 2.75) is 19.6 Å². The monoisotopic (exact) mass is 460 g/mol. The Balaban J connectivity index is 4.45. The lowest BCUT2D eigenvalue weighted by atomic mass is 10.3. The number of halogens is 4. The summed E-state index contributed by atoms with van der Waals surface area (Å²) in [5, 5.41) is 20.7. The summed E-state index contributed by atoms with van der Waals surface area (Å²) in [4.78, 5) is 16.0. The van der Waals surface area contributed by atoms with Crippen molar-refractivity contribution in [1.82, 2.24) is 0 Å². The number of nitro groups is 2. The van der Waals surface area contributed by atoms with Crippen LogP contribution in [0.15, 0.2) is 0 Å². The van der Waals surface area contributed by atoms with Gasteiger partial charge in [0.05, 0.1) is 0 Å². The van der Waals surface area contributed by atoms with E-state index >= 15 is 0 Å². The van der Waals surface area contributed by atoms with E-state index in [9.17, 15) is 20.2 Å². The Hall–Kier alpha value is 0.720. The molecule has 6 nitrogen and oxygen atoms in total. The number of hydrogen-bond acceptors (Lipinski definition) is 4. The Bertz CT molecular complexity index is 215. The molecule has 4 unspecified atom stereocenters. The second-order valence-corrected chi connectivity index (χ2v) is 6.20. The molecule has 0 spiro atoms. The standard InChI is InChI=1S/C4H4Br4N2O4/c5-1(3(7)9(11)12)2(6)4(8)10(13)14/h1-4H. The highest BCUT2D eigenvalue weighted by atomic mass is 79.9. The molecule has 4 atom stereocenters. The quantitative estimate of drug-likeness (QED) is 0.271. The Morgan fingerprint density at radius 3 is 1.14 bits per heavy atom. The SMILES string of the molecule is O=[N+]([O-])C(Br)C(Br)C(Br)C(Br)[N+](=O)[O-]. The molecular weight excluding hydrogens is 460 g/mol. The fourth-order valence-electron chi connectivity index (χ4n) is 0.536. The number of rotatable bonds is 5. The highest BCUT2D eigenvalue weighted by Crippen LogP contribution is 2.29. The summed E-state index contributed by atoms with van der Waals surface area (Å²) in [6.45, 7) is 0. The minimum absolute atomic E-state index is 0.576. The molecule has 0 aliphatic carbocycles. The van der Waals surface area contributed by atoms with Gasteiger partial charge >= 0.3 is 0 Å². The molecule has 0 fully saturated rings. The first-order chi connectivity index (χ1) is 6.29. The van der Waals surface area contributed by atoms with E-state index in [2.05, 4.69) is 63.7 Å². The second kappa shape index (κ2) is 6.33. The van der Waals surface area contributed by atoms with Crippen LogP contribution in [0.2, 0.25) is 0 Å². The number of alkyl halides is 4. The van der Waals surface area contributed by atoms with E-state index in [-0.39, 0.29) is 0 Å². The molecule has 0 amide bonds. The third-order valence-electron chi connectivity index (χ3n) is 1.23. The summed E-state index contributed by atoms with van der Waals surface area (Å²) in [6, 6.07) is 0. The summed E-state index contributed by atoms with van der Waals surface area (Å²) in [5.74, 6) is 0. The largest absolute Gasteiger partial charge is 0.279 e. The van der Waals surface area contributed by atoms with Gasteiger partial charge in [0.15, 0.2) is 0 Å². The molecule has 0 aromatic carbocycles. The Kier molecular flexibility index (Phi) is 6.66. The van der Waals surface area contributed by atoms with E-state index in [1.807, 2.05) is 0 Å². The zero-order valence-electron chi connectivity index (χ0n) is 6.35. The predicted octanol–water partition coefficient (Wildman–Crippen LogP) is 2.51. The molecule has 0 saturated carbocycles. The molecule has 0 bridgehead atoms. The van der Waals surface area contributed by atoms with Gasteiger partial charge in [-0.05, 0) is 31.9 Å². The molecule has 0 heterocycles. The van der Waals surface area contributed by atoms with Crippen molar-refractivity contribution in [1.29, 1.82) is 0 Å². The topological polar surface area (TPSA) is 86.3 Å². The van der Waals surface area contributed by atoms with Crippen molar-refractivity contribution >= 4 is 63.7 Å². The maximum Gasteiger partial charge on any atom is 0.279 e. The lowest BCUT2D eigenvalue weighted by Gasteiger charge is -2.16. The van der Waals surface area contributed by atoms with Gasteiger partial charge in [0.2, 0.25) is 0 Å². The highest BCUT2D eigenvalue weighted by Gasteiger charge is 2.40. The number of nitrogens with zero attached hydrogens (tertiary/aromatic N) is 2. The lowest BCUT2D eigenvalue weighted by Crippen LogP contribution is -2.38. The molecule has 10 heteroatoms. The molecule has 14 heavy (non-hydrogen) atoms. The lowest BCUT2D eigenvalue weighted by molar-refractivity contribution is -0.503. The zero-order valence-corrected chi connectivity index (χ0v) is 12.7. The molecule has 0 radical (unpaired) electrons. The average molecular weight is 464 g/mol. The summed E-state index contributed by atoms with van der Waals surface area (Å²) in [7, 11) is 0. The summed E-state index contributed by atoms with van der Waals surface area (Å²) >= 11 is 11.6. The van der Waals surface area contributed by atoms with Gasteiger partial charge in [-0.2, -0.15) is 0 Å². The minimum atomic E-state index is -1.09. The second-order valence-electron chi connectivity index (χ2n) is 2.20. The van der Waals surface area contributed by atoms with Crippen LogP contribution in [0.5, 0.6) is 0 Å². The van der Waals surface area contributed by atoms with Crippen LogP contribution >= 0.6 is 63.7 Å². The van der Waals surface area contributed by atoms with E-state index in [1.54, 1.807) is 0 Å². The molecule has 0 aromatic heterocycles. The maximum absolute atomic E-state index is 10.4. The minimum Gasteiger partial charge on any atom is -0.263 e. The van der Waals surface area contributed by atoms with E-state index in [4.69, 9.17) is 0 Å².